The van der Waals surface area contributed by atoms with Gasteiger partial charge in [-0.2, -0.15) is 0 Å². The lowest BCUT2D eigenvalue weighted by atomic mass is 9.82. The molecule has 8 heteroatoms. The molecule has 3 fully saturated rings. The summed E-state index contributed by atoms with van der Waals surface area (Å²) in [6, 6.07) is 0. The second-order valence-corrected chi connectivity index (χ2v) is 7.62. The maximum Gasteiger partial charge on any atom is 0.193 e. The van der Waals surface area contributed by atoms with Crippen molar-refractivity contribution in [2.75, 3.05) is 20.1 Å². The fourth-order valence-corrected chi connectivity index (χ4v) is 5.21. The van der Waals surface area contributed by atoms with E-state index in [0.717, 1.165) is 36.2 Å². The molecule has 4 unspecified atom stereocenters. The molecule has 4 atom stereocenters. The number of halogens is 1. The molecule has 1 N–H and O–H groups in total. The number of ether oxygens (including phenoxy) is 1. The number of guanidine groups is 1. The van der Waals surface area contributed by atoms with Gasteiger partial charge in [-0.15, -0.1) is 35.3 Å². The lowest BCUT2D eigenvalue weighted by Gasteiger charge is -2.23. The van der Waals surface area contributed by atoms with E-state index in [0.29, 0.717) is 24.0 Å². The van der Waals surface area contributed by atoms with Crippen LogP contribution in [0.15, 0.2) is 22.8 Å². The van der Waals surface area contributed by atoms with E-state index < -0.39 is 0 Å². The third kappa shape index (κ3) is 2.62. The third-order valence-corrected chi connectivity index (χ3v) is 6.31. The Morgan fingerprint density at radius 3 is 2.79 bits per heavy atom. The van der Waals surface area contributed by atoms with Crippen LogP contribution in [-0.2, 0) is 11.3 Å². The fraction of sp³-hybridized carbons (Fsp3) is 0.625. The standard InChI is InChI=1S/C16H21N5OS.HI/c1-17-15(18-6-10-7-20-4-5-23-16(20)19-10)21-8-11-12(9-21)14-3-2-13(11)22-14;/h4-5,7,11-14H,2-3,6,8-9H2,1H3,(H,17,18);1H. The summed E-state index contributed by atoms with van der Waals surface area (Å²) in [6.07, 6.45) is 7.61. The van der Waals surface area contributed by atoms with Gasteiger partial charge in [-0.3, -0.25) is 9.39 Å². The summed E-state index contributed by atoms with van der Waals surface area (Å²) in [4.78, 5) is 12.6. The predicted molar refractivity (Wildman–Crippen MR) is 105 cm³/mol. The maximum absolute atomic E-state index is 6.06. The second-order valence-electron chi connectivity index (χ2n) is 6.75. The highest BCUT2D eigenvalue weighted by atomic mass is 127. The van der Waals surface area contributed by atoms with Gasteiger partial charge in [0.15, 0.2) is 10.9 Å². The van der Waals surface area contributed by atoms with Crippen LogP contribution >= 0.6 is 35.3 Å². The average molecular weight is 459 g/mol. The first-order valence-electron chi connectivity index (χ1n) is 8.34. The van der Waals surface area contributed by atoms with Crippen LogP contribution in [0.3, 0.4) is 0 Å². The number of aromatic nitrogens is 2. The molecule has 2 aromatic heterocycles. The van der Waals surface area contributed by atoms with Crippen molar-refractivity contribution in [3.05, 3.63) is 23.5 Å². The molecule has 3 aliphatic rings. The maximum atomic E-state index is 6.06. The van der Waals surface area contributed by atoms with E-state index in [-0.39, 0.29) is 24.0 Å². The zero-order chi connectivity index (χ0) is 15.4. The number of likely N-dealkylation sites (tertiary alicyclic amines) is 1. The summed E-state index contributed by atoms with van der Waals surface area (Å²) in [5.41, 5.74) is 1.06. The van der Waals surface area contributed by atoms with Gasteiger partial charge in [0.05, 0.1) is 24.4 Å². The molecular weight excluding hydrogens is 437 g/mol. The molecule has 130 valence electrons. The number of hydrogen-bond donors (Lipinski definition) is 1. The van der Waals surface area contributed by atoms with E-state index in [4.69, 9.17) is 4.74 Å². The minimum absolute atomic E-state index is 0. The van der Waals surface area contributed by atoms with E-state index in [9.17, 15) is 0 Å². The highest BCUT2D eigenvalue weighted by molar-refractivity contribution is 14.0. The van der Waals surface area contributed by atoms with Crippen LogP contribution in [0, 0.1) is 11.8 Å². The molecule has 5 rings (SSSR count). The number of rotatable bonds is 2. The summed E-state index contributed by atoms with van der Waals surface area (Å²) in [7, 11) is 1.87. The first-order chi connectivity index (χ1) is 11.3. The topological polar surface area (TPSA) is 54.2 Å². The quantitative estimate of drug-likeness (QED) is 0.425. The van der Waals surface area contributed by atoms with Crippen LogP contribution in [0.1, 0.15) is 18.5 Å². The number of nitrogens with zero attached hydrogens (tertiary/aromatic N) is 4. The van der Waals surface area contributed by atoms with Gasteiger partial charge in [0, 0.05) is 49.7 Å². The highest BCUT2D eigenvalue weighted by Gasteiger charge is 2.53. The Morgan fingerprint density at radius 2 is 2.12 bits per heavy atom. The molecule has 3 saturated heterocycles. The summed E-state index contributed by atoms with van der Waals surface area (Å²) >= 11 is 1.66. The molecular formula is C16H22IN5OS. The summed E-state index contributed by atoms with van der Waals surface area (Å²) < 4.78 is 8.13. The number of imidazole rings is 1. The predicted octanol–water partition coefficient (Wildman–Crippen LogP) is 2.20. The molecule has 0 amide bonds. The Labute approximate surface area is 162 Å². The van der Waals surface area contributed by atoms with Crippen LogP contribution in [0.4, 0.5) is 0 Å². The molecule has 0 aromatic carbocycles. The largest absolute Gasteiger partial charge is 0.374 e. The number of nitrogens with one attached hydrogen (secondary N) is 1. The third-order valence-electron chi connectivity index (χ3n) is 5.53. The van der Waals surface area contributed by atoms with Crippen molar-refractivity contribution >= 4 is 46.2 Å². The van der Waals surface area contributed by atoms with E-state index in [1.165, 1.54) is 12.8 Å². The Bertz CT molecular complexity index is 712. The van der Waals surface area contributed by atoms with E-state index in [1.807, 2.05) is 13.2 Å². The van der Waals surface area contributed by atoms with Crippen molar-refractivity contribution < 1.29 is 4.74 Å². The van der Waals surface area contributed by atoms with Gasteiger partial charge in [-0.05, 0) is 12.8 Å². The molecule has 0 aliphatic carbocycles. The summed E-state index contributed by atoms with van der Waals surface area (Å²) in [5.74, 6) is 2.39. The first-order valence-corrected chi connectivity index (χ1v) is 9.22. The van der Waals surface area contributed by atoms with Crippen molar-refractivity contribution in [1.82, 2.24) is 19.6 Å². The monoisotopic (exact) mass is 459 g/mol. The van der Waals surface area contributed by atoms with Gasteiger partial charge in [0.25, 0.3) is 0 Å². The van der Waals surface area contributed by atoms with Crippen molar-refractivity contribution in [3.8, 4) is 0 Å². The lowest BCUT2D eigenvalue weighted by molar-refractivity contribution is 0.0767. The minimum Gasteiger partial charge on any atom is -0.374 e. The first kappa shape index (κ1) is 16.6. The zero-order valence-corrected chi connectivity index (χ0v) is 16.7. The van der Waals surface area contributed by atoms with Gasteiger partial charge in [0.1, 0.15) is 0 Å². The molecule has 6 nitrogen and oxygen atoms in total. The molecule has 2 aromatic rings. The number of thiazole rings is 1. The SMILES string of the molecule is CN=C(NCc1cn2ccsc2n1)N1CC2C3CCC(O3)C2C1.I. The van der Waals surface area contributed by atoms with Gasteiger partial charge >= 0.3 is 0 Å². The van der Waals surface area contributed by atoms with E-state index in [1.54, 1.807) is 11.3 Å². The Morgan fingerprint density at radius 1 is 1.38 bits per heavy atom. The van der Waals surface area contributed by atoms with Gasteiger partial charge in [0.2, 0.25) is 0 Å². The normalized spacial score (nSPS) is 31.5. The summed E-state index contributed by atoms with van der Waals surface area (Å²) in [6.45, 7) is 2.86. The van der Waals surface area contributed by atoms with Gasteiger partial charge < -0.3 is 15.0 Å². The molecule has 0 saturated carbocycles. The summed E-state index contributed by atoms with van der Waals surface area (Å²) in [5, 5.41) is 5.54. The molecule has 3 aliphatic heterocycles. The van der Waals surface area contributed by atoms with Crippen molar-refractivity contribution in [2.24, 2.45) is 16.8 Å². The molecule has 24 heavy (non-hydrogen) atoms. The molecule has 0 radical (unpaired) electrons. The van der Waals surface area contributed by atoms with Gasteiger partial charge in [-0.25, -0.2) is 4.98 Å². The smallest absolute Gasteiger partial charge is 0.193 e. The van der Waals surface area contributed by atoms with Crippen LogP contribution in [-0.4, -0.2) is 52.6 Å². The number of aliphatic imine (C=N–C) groups is 1. The average Bonchev–Trinajstić information content (AvgIpc) is 3.31. The zero-order valence-electron chi connectivity index (χ0n) is 13.6. The van der Waals surface area contributed by atoms with Crippen LogP contribution in [0.2, 0.25) is 0 Å². The Kier molecular flexibility index (Phi) is 4.46. The Hall–Kier alpha value is -0.870. The van der Waals surface area contributed by atoms with Crippen molar-refractivity contribution in [1.29, 1.82) is 0 Å². The van der Waals surface area contributed by atoms with E-state index >= 15 is 0 Å². The van der Waals surface area contributed by atoms with Crippen LogP contribution in [0.5, 0.6) is 0 Å². The molecule has 2 bridgehead atoms. The fourth-order valence-electron chi connectivity index (χ4n) is 4.50. The molecule has 5 heterocycles. The number of hydrogen-bond acceptors (Lipinski definition) is 4. The number of fused-ring (bicyclic) bond motifs is 6. The molecule has 0 spiro atoms. The lowest BCUT2D eigenvalue weighted by Crippen LogP contribution is -2.41. The van der Waals surface area contributed by atoms with Crippen LogP contribution in [0.25, 0.3) is 4.96 Å². The van der Waals surface area contributed by atoms with Gasteiger partial charge in [-0.1, -0.05) is 0 Å². The van der Waals surface area contributed by atoms with Crippen molar-refractivity contribution in [3.63, 3.8) is 0 Å². The van der Waals surface area contributed by atoms with E-state index in [2.05, 4.69) is 36.2 Å². The van der Waals surface area contributed by atoms with Crippen LogP contribution < -0.4 is 5.32 Å². The highest BCUT2D eigenvalue weighted by Crippen LogP contribution is 2.47. The Balaban J connectivity index is 0.00000146. The van der Waals surface area contributed by atoms with Crippen molar-refractivity contribution in [2.45, 2.75) is 31.6 Å². The second kappa shape index (κ2) is 6.45. The minimum atomic E-state index is 0.